The molecule has 0 rings (SSSR count). The molecular weight excluding hydrogens is 1020 g/mol. The number of unbranched alkanes of at least 4 members (excludes halogenated alkanes) is 56. The maximum absolute atomic E-state index is 12.5. The van der Waals surface area contributed by atoms with Crippen molar-refractivity contribution in [3.05, 3.63) is 36.5 Å². The van der Waals surface area contributed by atoms with E-state index in [1.807, 2.05) is 6.08 Å². The van der Waals surface area contributed by atoms with Crippen molar-refractivity contribution in [1.29, 1.82) is 0 Å². The van der Waals surface area contributed by atoms with E-state index in [-0.39, 0.29) is 18.5 Å². The van der Waals surface area contributed by atoms with Gasteiger partial charge in [-0.1, -0.05) is 365 Å². The van der Waals surface area contributed by atoms with Gasteiger partial charge in [0.2, 0.25) is 5.91 Å². The van der Waals surface area contributed by atoms with Gasteiger partial charge in [0, 0.05) is 12.8 Å². The standard InChI is InChI=1S/C77H147NO5/c1-3-5-7-9-11-13-15-16-17-18-19-20-31-34-37-40-43-46-50-53-57-61-65-69-75(80)74(73-79)78-76(81)70-66-62-58-54-51-47-44-41-38-35-32-29-27-25-23-21-22-24-26-28-30-33-36-39-42-45-48-52-56-60-64-68-72-83-77(82)71-67-63-59-55-49-14-12-10-8-6-4-2/h10,12,24,26,65,69,74-75,79-80H,3-9,11,13-23,25,27-64,66-68,70-73H2,1-2H3,(H,78,81)/b12-10-,26-24-,69-65+. The Labute approximate surface area is 519 Å². The molecule has 2 unspecified atom stereocenters. The van der Waals surface area contributed by atoms with Crippen LogP contribution in [0.4, 0.5) is 0 Å². The maximum Gasteiger partial charge on any atom is 0.305 e. The number of allylic oxidation sites excluding steroid dienone is 5. The van der Waals surface area contributed by atoms with Crippen LogP contribution >= 0.6 is 0 Å². The smallest absolute Gasteiger partial charge is 0.305 e. The van der Waals surface area contributed by atoms with Crippen molar-refractivity contribution in [3.8, 4) is 0 Å². The molecule has 0 spiro atoms. The minimum absolute atomic E-state index is 0.00724. The first-order valence-corrected chi connectivity index (χ1v) is 37.8. The van der Waals surface area contributed by atoms with E-state index in [4.69, 9.17) is 4.74 Å². The summed E-state index contributed by atoms with van der Waals surface area (Å²) in [6.07, 6.45) is 94.0. The third kappa shape index (κ3) is 69.1. The molecule has 83 heavy (non-hydrogen) atoms. The molecule has 6 heteroatoms. The highest BCUT2D eigenvalue weighted by Gasteiger charge is 2.18. The van der Waals surface area contributed by atoms with Crippen molar-refractivity contribution in [2.45, 2.75) is 431 Å². The van der Waals surface area contributed by atoms with Gasteiger partial charge in [-0.2, -0.15) is 0 Å². The highest BCUT2D eigenvalue weighted by atomic mass is 16.5. The zero-order chi connectivity index (χ0) is 59.9. The molecule has 1 amide bonds. The number of carbonyl (C=O) groups excluding carboxylic acids is 2. The lowest BCUT2D eigenvalue weighted by molar-refractivity contribution is -0.143. The van der Waals surface area contributed by atoms with E-state index in [0.717, 1.165) is 44.9 Å². The molecule has 0 saturated heterocycles. The molecule has 0 fully saturated rings. The summed E-state index contributed by atoms with van der Waals surface area (Å²) in [6.45, 7) is 4.91. The average Bonchev–Trinajstić information content (AvgIpc) is 3.49. The number of esters is 1. The number of carbonyl (C=O) groups is 2. The Kier molecular flexibility index (Phi) is 70.9. The minimum atomic E-state index is -0.844. The van der Waals surface area contributed by atoms with Crippen molar-refractivity contribution in [2.24, 2.45) is 0 Å². The van der Waals surface area contributed by atoms with E-state index in [1.54, 1.807) is 6.08 Å². The second kappa shape index (κ2) is 72.6. The van der Waals surface area contributed by atoms with Gasteiger partial charge in [0.25, 0.3) is 0 Å². The van der Waals surface area contributed by atoms with E-state index < -0.39 is 12.1 Å². The molecule has 6 nitrogen and oxygen atoms in total. The molecule has 0 aromatic heterocycles. The van der Waals surface area contributed by atoms with Gasteiger partial charge in [-0.15, -0.1) is 0 Å². The van der Waals surface area contributed by atoms with Gasteiger partial charge >= 0.3 is 5.97 Å². The molecule has 0 aromatic carbocycles. The summed E-state index contributed by atoms with van der Waals surface area (Å²) in [5, 5.41) is 23.3. The van der Waals surface area contributed by atoms with Gasteiger partial charge in [-0.25, -0.2) is 0 Å². The fourth-order valence-electron chi connectivity index (χ4n) is 11.8. The van der Waals surface area contributed by atoms with E-state index in [9.17, 15) is 19.8 Å². The average molecular weight is 1170 g/mol. The van der Waals surface area contributed by atoms with E-state index >= 15 is 0 Å². The first-order valence-electron chi connectivity index (χ1n) is 37.8. The molecule has 0 radical (unpaired) electrons. The summed E-state index contributed by atoms with van der Waals surface area (Å²) in [5.41, 5.74) is 0. The summed E-state index contributed by atoms with van der Waals surface area (Å²) in [7, 11) is 0. The van der Waals surface area contributed by atoms with Crippen LogP contribution in [0.25, 0.3) is 0 Å². The Morgan fingerprint density at radius 2 is 0.578 bits per heavy atom. The molecule has 2 atom stereocenters. The van der Waals surface area contributed by atoms with Crippen LogP contribution in [0.1, 0.15) is 418 Å². The molecule has 0 heterocycles. The molecule has 0 aliphatic carbocycles. The van der Waals surface area contributed by atoms with Crippen molar-refractivity contribution in [1.82, 2.24) is 5.32 Å². The van der Waals surface area contributed by atoms with Crippen molar-refractivity contribution in [3.63, 3.8) is 0 Å². The van der Waals surface area contributed by atoms with Crippen LogP contribution in [0, 0.1) is 0 Å². The Hall–Kier alpha value is -1.92. The normalized spacial score (nSPS) is 12.7. The number of aliphatic hydroxyl groups excluding tert-OH is 2. The number of nitrogens with one attached hydrogen (secondary N) is 1. The number of amides is 1. The first kappa shape index (κ1) is 81.1. The summed E-state index contributed by atoms with van der Waals surface area (Å²) in [4.78, 5) is 24.5. The Morgan fingerprint density at radius 1 is 0.325 bits per heavy atom. The van der Waals surface area contributed by atoms with Crippen LogP contribution in [0.2, 0.25) is 0 Å². The molecule has 0 aliphatic rings. The van der Waals surface area contributed by atoms with Crippen LogP contribution < -0.4 is 5.32 Å². The largest absolute Gasteiger partial charge is 0.466 e. The van der Waals surface area contributed by atoms with Crippen molar-refractivity contribution in [2.75, 3.05) is 13.2 Å². The van der Waals surface area contributed by atoms with Gasteiger partial charge < -0.3 is 20.3 Å². The maximum atomic E-state index is 12.5. The lowest BCUT2D eigenvalue weighted by Crippen LogP contribution is -2.45. The Bertz CT molecular complexity index is 1340. The second-order valence-corrected chi connectivity index (χ2v) is 26.0. The van der Waals surface area contributed by atoms with Gasteiger partial charge in [0.1, 0.15) is 0 Å². The van der Waals surface area contributed by atoms with Gasteiger partial charge in [0.15, 0.2) is 0 Å². The zero-order valence-electron chi connectivity index (χ0n) is 56.2. The van der Waals surface area contributed by atoms with E-state index in [2.05, 4.69) is 43.5 Å². The molecule has 3 N–H and O–H groups in total. The molecule has 0 saturated carbocycles. The fraction of sp³-hybridized carbons (Fsp3) is 0.896. The number of rotatable bonds is 71. The summed E-state index contributed by atoms with van der Waals surface area (Å²) < 4.78 is 5.47. The number of ether oxygens (including phenoxy) is 1. The molecular formula is C77H147NO5. The topological polar surface area (TPSA) is 95.9 Å². The third-order valence-corrected chi connectivity index (χ3v) is 17.6. The highest BCUT2D eigenvalue weighted by molar-refractivity contribution is 5.76. The summed E-state index contributed by atoms with van der Waals surface area (Å²) in [6, 6.07) is -0.627. The van der Waals surface area contributed by atoms with Crippen LogP contribution in [0.5, 0.6) is 0 Å². The SMILES string of the molecule is CCCC/C=C\CCCCCCCC(=O)OCCCCCCCCCCCCCC/C=C\CCCCCCCCCCCCCCCCCCC(=O)NC(CO)C(O)/C=C/CCCCCCCCCCCCCCCCCCCCCCC. The summed E-state index contributed by atoms with van der Waals surface area (Å²) >= 11 is 0. The summed E-state index contributed by atoms with van der Waals surface area (Å²) in [5.74, 6) is -0.0536. The first-order chi connectivity index (χ1) is 41.0. The van der Waals surface area contributed by atoms with Gasteiger partial charge in [-0.3, -0.25) is 9.59 Å². The van der Waals surface area contributed by atoms with E-state index in [0.29, 0.717) is 19.4 Å². The van der Waals surface area contributed by atoms with Crippen molar-refractivity contribution >= 4 is 11.9 Å². The lowest BCUT2D eigenvalue weighted by Gasteiger charge is -2.20. The van der Waals surface area contributed by atoms with E-state index in [1.165, 1.54) is 347 Å². The number of hydrogen-bond donors (Lipinski definition) is 3. The molecule has 0 aromatic rings. The lowest BCUT2D eigenvalue weighted by atomic mass is 10.0. The number of aliphatic hydroxyl groups is 2. The van der Waals surface area contributed by atoms with Crippen molar-refractivity contribution < 1.29 is 24.5 Å². The fourth-order valence-corrected chi connectivity index (χ4v) is 11.8. The highest BCUT2D eigenvalue weighted by Crippen LogP contribution is 2.19. The predicted molar refractivity (Wildman–Crippen MR) is 366 cm³/mol. The second-order valence-electron chi connectivity index (χ2n) is 26.0. The van der Waals surface area contributed by atoms with Crippen LogP contribution in [0.3, 0.4) is 0 Å². The molecule has 0 bridgehead atoms. The molecule has 0 aliphatic heterocycles. The van der Waals surface area contributed by atoms with Gasteiger partial charge in [0.05, 0.1) is 25.4 Å². The Morgan fingerprint density at radius 3 is 0.892 bits per heavy atom. The van der Waals surface area contributed by atoms with Gasteiger partial charge in [-0.05, 0) is 77.0 Å². The molecule has 490 valence electrons. The van der Waals surface area contributed by atoms with Crippen LogP contribution in [0.15, 0.2) is 36.5 Å². The third-order valence-electron chi connectivity index (χ3n) is 17.6. The Balaban J connectivity index is 3.39. The minimum Gasteiger partial charge on any atom is -0.466 e. The monoisotopic (exact) mass is 1170 g/mol. The number of hydrogen-bond acceptors (Lipinski definition) is 5. The zero-order valence-corrected chi connectivity index (χ0v) is 56.2. The van der Waals surface area contributed by atoms with Crippen LogP contribution in [-0.4, -0.2) is 47.4 Å². The van der Waals surface area contributed by atoms with Crippen LogP contribution in [-0.2, 0) is 14.3 Å². The quantitative estimate of drug-likeness (QED) is 0.0320. The predicted octanol–water partition coefficient (Wildman–Crippen LogP) is 24.7.